The van der Waals surface area contributed by atoms with Crippen molar-refractivity contribution in [2.75, 3.05) is 18.2 Å². The van der Waals surface area contributed by atoms with Gasteiger partial charge in [-0.2, -0.15) is 0 Å². The van der Waals surface area contributed by atoms with Gasteiger partial charge in [0.1, 0.15) is 5.84 Å². The highest BCUT2D eigenvalue weighted by Crippen LogP contribution is 2.33. The van der Waals surface area contributed by atoms with E-state index in [1.165, 1.54) is 0 Å². The lowest BCUT2D eigenvalue weighted by Gasteiger charge is -2.38. The molecular formula is C14H23N3S. The molecule has 0 amide bonds. The average Bonchev–Trinajstić information content (AvgIpc) is 2.36. The molecule has 1 rings (SSSR count). The molecule has 0 heterocycles. The second kappa shape index (κ2) is 5.65. The predicted octanol–water partition coefficient (Wildman–Crippen LogP) is 3.32. The first kappa shape index (κ1) is 14.9. The molecule has 3 N–H and O–H groups in total. The molecule has 1 aromatic carbocycles. The Morgan fingerprint density at radius 3 is 2.50 bits per heavy atom. The van der Waals surface area contributed by atoms with Crippen molar-refractivity contribution in [2.45, 2.75) is 37.6 Å². The van der Waals surface area contributed by atoms with Crippen molar-refractivity contribution in [1.82, 2.24) is 0 Å². The third kappa shape index (κ3) is 2.80. The Bertz CT molecular complexity index is 441. The number of nitrogens with zero attached hydrogens (tertiary/aromatic N) is 1. The van der Waals surface area contributed by atoms with Gasteiger partial charge in [-0.1, -0.05) is 13.0 Å². The summed E-state index contributed by atoms with van der Waals surface area (Å²) in [5, 5.41) is 7.81. The molecule has 0 aliphatic carbocycles. The minimum Gasteiger partial charge on any atom is -0.384 e. The highest BCUT2D eigenvalue weighted by Gasteiger charge is 2.25. The van der Waals surface area contributed by atoms with E-state index in [0.717, 1.165) is 22.6 Å². The number of nitrogen functional groups attached to an aromatic ring is 1. The molecule has 0 aliphatic heterocycles. The zero-order chi connectivity index (χ0) is 13.9. The molecule has 1 aromatic rings. The van der Waals surface area contributed by atoms with E-state index in [0.29, 0.717) is 0 Å². The topological polar surface area (TPSA) is 53.1 Å². The summed E-state index contributed by atoms with van der Waals surface area (Å²) in [5.41, 5.74) is 7.67. The van der Waals surface area contributed by atoms with E-state index >= 15 is 0 Å². The molecule has 4 heteroatoms. The summed E-state index contributed by atoms with van der Waals surface area (Å²) in [7, 11) is 2.06. The van der Waals surface area contributed by atoms with Gasteiger partial charge in [-0.25, -0.2) is 0 Å². The van der Waals surface area contributed by atoms with E-state index < -0.39 is 0 Å². The molecule has 0 atom stereocenters. The molecule has 0 bridgehead atoms. The Kier molecular flexibility index (Phi) is 4.68. The van der Waals surface area contributed by atoms with Crippen LogP contribution in [0.1, 0.15) is 32.8 Å². The Morgan fingerprint density at radius 1 is 1.44 bits per heavy atom. The highest BCUT2D eigenvalue weighted by molar-refractivity contribution is 7.98. The molecule has 0 spiro atoms. The minimum atomic E-state index is 0.0429. The molecule has 0 aliphatic rings. The summed E-state index contributed by atoms with van der Waals surface area (Å²) >= 11 is 1.63. The van der Waals surface area contributed by atoms with Crippen LogP contribution in [-0.4, -0.2) is 24.7 Å². The molecule has 0 saturated carbocycles. The van der Waals surface area contributed by atoms with Crippen LogP contribution in [0.3, 0.4) is 0 Å². The van der Waals surface area contributed by atoms with Gasteiger partial charge >= 0.3 is 0 Å². The lowest BCUT2D eigenvalue weighted by atomic mass is 9.97. The smallest absolute Gasteiger partial charge is 0.126 e. The van der Waals surface area contributed by atoms with Crippen molar-refractivity contribution in [3.05, 3.63) is 23.8 Å². The fourth-order valence-corrected chi connectivity index (χ4v) is 2.44. The van der Waals surface area contributed by atoms with Crippen molar-refractivity contribution in [1.29, 1.82) is 5.41 Å². The number of nitrogens with one attached hydrogen (secondary N) is 1. The fourth-order valence-electron chi connectivity index (χ4n) is 1.80. The molecule has 0 saturated heterocycles. The summed E-state index contributed by atoms with van der Waals surface area (Å²) in [6.45, 7) is 6.56. The lowest BCUT2D eigenvalue weighted by Crippen LogP contribution is -2.41. The number of hydrogen-bond donors (Lipinski definition) is 2. The van der Waals surface area contributed by atoms with Crippen molar-refractivity contribution >= 4 is 23.3 Å². The van der Waals surface area contributed by atoms with Crippen LogP contribution in [0.25, 0.3) is 0 Å². The zero-order valence-corrected chi connectivity index (χ0v) is 12.7. The maximum atomic E-state index is 7.81. The van der Waals surface area contributed by atoms with Gasteiger partial charge in [0.25, 0.3) is 0 Å². The number of rotatable bonds is 5. The van der Waals surface area contributed by atoms with Crippen LogP contribution >= 0.6 is 11.8 Å². The monoisotopic (exact) mass is 265 g/mol. The fraction of sp³-hybridized carbons (Fsp3) is 0.500. The van der Waals surface area contributed by atoms with Crippen LogP contribution in [0.5, 0.6) is 0 Å². The van der Waals surface area contributed by atoms with Gasteiger partial charge in [-0.15, -0.1) is 11.8 Å². The summed E-state index contributed by atoms with van der Waals surface area (Å²) in [6.07, 6.45) is 3.04. The van der Waals surface area contributed by atoms with Gasteiger partial charge in [0.05, 0.1) is 5.56 Å². The third-order valence-corrected chi connectivity index (χ3v) is 4.41. The van der Waals surface area contributed by atoms with Gasteiger partial charge in [-0.05, 0) is 38.7 Å². The highest BCUT2D eigenvalue weighted by atomic mass is 32.2. The largest absolute Gasteiger partial charge is 0.384 e. The van der Waals surface area contributed by atoms with Crippen molar-refractivity contribution < 1.29 is 0 Å². The standard InChI is InChI=1S/C14H23N3S/c1-6-14(2,3)17(4)10-8-7-9-11(18-5)12(10)13(15)16/h7-9H,6H2,1-5H3,(H3,15,16). The minimum absolute atomic E-state index is 0.0429. The van der Waals surface area contributed by atoms with E-state index in [-0.39, 0.29) is 11.4 Å². The van der Waals surface area contributed by atoms with E-state index in [2.05, 4.69) is 32.7 Å². The molecular weight excluding hydrogens is 242 g/mol. The Labute approximate surface area is 114 Å². The van der Waals surface area contributed by atoms with E-state index in [9.17, 15) is 0 Å². The predicted molar refractivity (Wildman–Crippen MR) is 82.0 cm³/mol. The summed E-state index contributed by atoms with van der Waals surface area (Å²) in [4.78, 5) is 3.27. The maximum absolute atomic E-state index is 7.81. The molecule has 18 heavy (non-hydrogen) atoms. The molecule has 0 aromatic heterocycles. The molecule has 0 fully saturated rings. The average molecular weight is 265 g/mol. The first-order valence-corrected chi connectivity index (χ1v) is 7.32. The normalized spacial score (nSPS) is 11.4. The number of hydrogen-bond acceptors (Lipinski definition) is 3. The molecule has 0 radical (unpaired) electrons. The van der Waals surface area contributed by atoms with Crippen LogP contribution in [0.4, 0.5) is 5.69 Å². The number of anilines is 1. The van der Waals surface area contributed by atoms with Gasteiger partial charge in [0.2, 0.25) is 0 Å². The second-order valence-electron chi connectivity index (χ2n) is 4.99. The van der Waals surface area contributed by atoms with Gasteiger partial charge in [0, 0.05) is 23.2 Å². The summed E-state index contributed by atoms with van der Waals surface area (Å²) in [6, 6.07) is 6.07. The van der Waals surface area contributed by atoms with E-state index in [4.69, 9.17) is 11.1 Å². The number of benzene rings is 1. The first-order valence-electron chi connectivity index (χ1n) is 6.10. The molecule has 3 nitrogen and oxygen atoms in total. The van der Waals surface area contributed by atoms with Gasteiger partial charge in [-0.3, -0.25) is 5.41 Å². The van der Waals surface area contributed by atoms with E-state index in [1.54, 1.807) is 11.8 Å². The molecule has 0 unspecified atom stereocenters. The summed E-state index contributed by atoms with van der Waals surface area (Å²) in [5.74, 6) is 0.133. The van der Waals surface area contributed by atoms with Crippen LogP contribution in [0.15, 0.2) is 23.1 Å². The SMILES string of the molecule is CCC(C)(C)N(C)c1cccc(SC)c1C(=N)N. The molecule has 100 valence electrons. The third-order valence-electron chi connectivity index (χ3n) is 3.63. The zero-order valence-electron chi connectivity index (χ0n) is 11.9. The van der Waals surface area contributed by atoms with Crippen molar-refractivity contribution in [3.8, 4) is 0 Å². The Morgan fingerprint density at radius 2 is 2.06 bits per heavy atom. The lowest BCUT2D eigenvalue weighted by molar-refractivity contribution is 0.470. The van der Waals surface area contributed by atoms with Crippen LogP contribution in [-0.2, 0) is 0 Å². The number of nitrogens with two attached hydrogens (primary N) is 1. The quantitative estimate of drug-likeness (QED) is 0.488. The van der Waals surface area contributed by atoms with Crippen LogP contribution in [0, 0.1) is 5.41 Å². The number of thioether (sulfide) groups is 1. The number of amidine groups is 1. The maximum Gasteiger partial charge on any atom is 0.126 e. The van der Waals surface area contributed by atoms with Crippen molar-refractivity contribution in [3.63, 3.8) is 0 Å². The van der Waals surface area contributed by atoms with Crippen LogP contribution < -0.4 is 10.6 Å². The Hall–Kier alpha value is -1.16. The van der Waals surface area contributed by atoms with Crippen LogP contribution in [0.2, 0.25) is 0 Å². The second-order valence-corrected chi connectivity index (χ2v) is 5.84. The van der Waals surface area contributed by atoms with Crippen molar-refractivity contribution in [2.24, 2.45) is 5.73 Å². The first-order chi connectivity index (χ1) is 8.35. The Balaban J connectivity index is 3.36. The summed E-state index contributed by atoms with van der Waals surface area (Å²) < 4.78 is 0. The van der Waals surface area contributed by atoms with Gasteiger partial charge < -0.3 is 10.6 Å². The van der Waals surface area contributed by atoms with E-state index in [1.807, 2.05) is 24.5 Å². The van der Waals surface area contributed by atoms with Gasteiger partial charge in [0.15, 0.2) is 0 Å².